The molecule has 1 unspecified atom stereocenters. The molecule has 4 aromatic rings. The quantitative estimate of drug-likeness (QED) is 0.336. The van der Waals surface area contributed by atoms with Crippen LogP contribution >= 0.6 is 0 Å². The van der Waals surface area contributed by atoms with Crippen LogP contribution in [-0.4, -0.2) is 20.9 Å². The summed E-state index contributed by atoms with van der Waals surface area (Å²) < 4.78 is 30.9. The van der Waals surface area contributed by atoms with Crippen molar-refractivity contribution in [2.45, 2.75) is 23.6 Å². The summed E-state index contributed by atoms with van der Waals surface area (Å²) in [5.41, 5.74) is 2.96. The Morgan fingerprint density at radius 1 is 0.771 bits per heavy atom. The summed E-state index contributed by atoms with van der Waals surface area (Å²) in [6.45, 7) is 2.52. The van der Waals surface area contributed by atoms with Gasteiger partial charge in [0.25, 0.3) is 5.91 Å². The molecule has 4 aromatic carbocycles. The predicted molar refractivity (Wildman–Crippen MR) is 137 cm³/mol. The molecule has 0 heterocycles. The zero-order chi connectivity index (χ0) is 24.7. The minimum Gasteiger partial charge on any atom is -0.494 e. The molecule has 0 aromatic heterocycles. The summed E-state index contributed by atoms with van der Waals surface area (Å²) in [6, 6.07) is 32.1. The fourth-order valence-corrected chi connectivity index (χ4v) is 5.19. The third-order valence-electron chi connectivity index (χ3n) is 5.61. The number of carbonyl (C=O) groups is 1. The molecule has 4 rings (SSSR count). The number of carbonyl (C=O) groups excluding carboxylic acids is 1. The first kappa shape index (κ1) is 24.2. The normalized spacial score (nSPS) is 12.0. The molecule has 1 amide bonds. The van der Waals surface area contributed by atoms with Gasteiger partial charge in [0.1, 0.15) is 5.75 Å². The molecule has 6 heteroatoms. The van der Waals surface area contributed by atoms with Crippen molar-refractivity contribution in [3.05, 3.63) is 131 Å². The molecule has 0 saturated carbocycles. The number of sulfone groups is 1. The van der Waals surface area contributed by atoms with Crippen LogP contribution in [0.5, 0.6) is 5.75 Å². The lowest BCUT2D eigenvalue weighted by Crippen LogP contribution is -2.29. The highest BCUT2D eigenvalue weighted by atomic mass is 32.2. The molecule has 0 saturated heterocycles. The van der Waals surface area contributed by atoms with Gasteiger partial charge >= 0.3 is 0 Å². The molecule has 0 radical (unpaired) electrons. The zero-order valence-corrected chi connectivity index (χ0v) is 20.2. The summed E-state index contributed by atoms with van der Waals surface area (Å²) >= 11 is 0. The van der Waals surface area contributed by atoms with Crippen LogP contribution in [0.15, 0.2) is 114 Å². The number of nitrogens with one attached hydrogen (secondary N) is 1. The van der Waals surface area contributed by atoms with Crippen molar-refractivity contribution in [3.8, 4) is 5.75 Å². The lowest BCUT2D eigenvalue weighted by atomic mass is 9.98. The lowest BCUT2D eigenvalue weighted by molar-refractivity contribution is 0.0943. The van der Waals surface area contributed by atoms with Gasteiger partial charge in [0.2, 0.25) is 0 Å². The Balaban J connectivity index is 1.52. The first-order valence-corrected chi connectivity index (χ1v) is 13.1. The second-order valence-electron chi connectivity index (χ2n) is 8.09. The third-order valence-corrected chi connectivity index (χ3v) is 7.31. The number of ether oxygens (including phenoxy) is 1. The molecule has 35 heavy (non-hydrogen) atoms. The molecular formula is C29H27NO4S. The van der Waals surface area contributed by atoms with Crippen LogP contribution in [0.1, 0.15) is 40.0 Å². The first-order chi connectivity index (χ1) is 17.0. The molecule has 1 atom stereocenters. The van der Waals surface area contributed by atoms with Gasteiger partial charge in [-0.25, -0.2) is 8.42 Å². The van der Waals surface area contributed by atoms with Crippen molar-refractivity contribution < 1.29 is 17.9 Å². The Bertz CT molecular complexity index is 1350. The molecule has 0 aliphatic heterocycles. The summed E-state index contributed by atoms with van der Waals surface area (Å²) in [5, 5.41) is 3.11. The van der Waals surface area contributed by atoms with Gasteiger partial charge in [-0.2, -0.15) is 0 Å². The Morgan fingerprint density at radius 3 is 1.94 bits per heavy atom. The summed E-state index contributed by atoms with van der Waals surface area (Å²) in [6.07, 6.45) is 0. The van der Waals surface area contributed by atoms with E-state index in [1.807, 2.05) is 61.5 Å². The predicted octanol–water partition coefficient (Wildman–Crippen LogP) is 5.58. The maximum Gasteiger partial charge on any atom is 0.252 e. The van der Waals surface area contributed by atoms with Gasteiger partial charge in [-0.15, -0.1) is 0 Å². The van der Waals surface area contributed by atoms with E-state index in [9.17, 15) is 13.2 Å². The van der Waals surface area contributed by atoms with Gasteiger partial charge in [-0.1, -0.05) is 72.8 Å². The molecule has 0 aliphatic carbocycles. The van der Waals surface area contributed by atoms with Crippen molar-refractivity contribution in [3.63, 3.8) is 0 Å². The smallest absolute Gasteiger partial charge is 0.252 e. The Labute approximate surface area is 206 Å². The first-order valence-electron chi connectivity index (χ1n) is 11.4. The average molecular weight is 486 g/mol. The minimum absolute atomic E-state index is 0.127. The van der Waals surface area contributed by atoms with Crippen molar-refractivity contribution in [1.82, 2.24) is 5.32 Å². The van der Waals surface area contributed by atoms with E-state index in [1.165, 1.54) is 0 Å². The van der Waals surface area contributed by atoms with Gasteiger partial charge < -0.3 is 10.1 Å². The average Bonchev–Trinajstić information content (AvgIpc) is 2.89. The Kier molecular flexibility index (Phi) is 7.63. The maximum absolute atomic E-state index is 13.1. The number of benzene rings is 4. The van der Waals surface area contributed by atoms with Crippen molar-refractivity contribution in [2.75, 3.05) is 6.61 Å². The van der Waals surface area contributed by atoms with Crippen LogP contribution in [0.4, 0.5) is 0 Å². The van der Waals surface area contributed by atoms with Crippen molar-refractivity contribution in [2.24, 2.45) is 0 Å². The van der Waals surface area contributed by atoms with Gasteiger partial charge in [0.15, 0.2) is 9.84 Å². The van der Waals surface area contributed by atoms with Crippen LogP contribution in [0.3, 0.4) is 0 Å². The fraction of sp³-hybridized carbons (Fsp3) is 0.138. The highest BCUT2D eigenvalue weighted by Gasteiger charge is 2.19. The van der Waals surface area contributed by atoms with E-state index in [4.69, 9.17) is 4.74 Å². The van der Waals surface area contributed by atoms with E-state index in [-0.39, 0.29) is 22.6 Å². The maximum atomic E-state index is 13.1. The van der Waals surface area contributed by atoms with Crippen LogP contribution in [0.2, 0.25) is 0 Å². The van der Waals surface area contributed by atoms with Crippen LogP contribution in [-0.2, 0) is 15.6 Å². The van der Waals surface area contributed by atoms with Gasteiger partial charge in [0, 0.05) is 5.56 Å². The van der Waals surface area contributed by atoms with Crippen LogP contribution in [0.25, 0.3) is 0 Å². The van der Waals surface area contributed by atoms with E-state index in [0.29, 0.717) is 17.7 Å². The van der Waals surface area contributed by atoms with Crippen molar-refractivity contribution in [1.29, 1.82) is 0 Å². The molecule has 178 valence electrons. The highest BCUT2D eigenvalue weighted by Crippen LogP contribution is 2.25. The molecule has 0 aliphatic rings. The minimum atomic E-state index is -3.46. The monoisotopic (exact) mass is 485 g/mol. The standard InChI is InChI=1S/C29H27NO4S/c1-2-34-26-19-17-24(18-20-26)28(23-9-5-3-6-10-23)30-29(31)25-15-13-22(14-16-25)21-35(32,33)27-11-7-4-8-12-27/h3-20,28H,2,21H2,1H3,(H,30,31). The summed E-state index contributed by atoms with van der Waals surface area (Å²) in [5.74, 6) is 0.401. The lowest BCUT2D eigenvalue weighted by Gasteiger charge is -2.20. The fourth-order valence-electron chi connectivity index (χ4n) is 3.83. The van der Waals surface area contributed by atoms with Crippen molar-refractivity contribution >= 4 is 15.7 Å². The van der Waals surface area contributed by atoms with Crippen LogP contribution in [0, 0.1) is 0 Å². The number of rotatable bonds is 9. The van der Waals surface area contributed by atoms with E-state index in [2.05, 4.69) is 5.32 Å². The Morgan fingerprint density at radius 2 is 1.34 bits per heavy atom. The van der Waals surface area contributed by atoms with Gasteiger partial charge in [0.05, 0.1) is 23.3 Å². The largest absolute Gasteiger partial charge is 0.494 e. The molecule has 1 N–H and O–H groups in total. The molecule has 0 spiro atoms. The number of amides is 1. The van der Waals surface area contributed by atoms with E-state index in [1.54, 1.807) is 54.6 Å². The molecular weight excluding hydrogens is 458 g/mol. The second kappa shape index (κ2) is 11.0. The molecule has 0 bridgehead atoms. The highest BCUT2D eigenvalue weighted by molar-refractivity contribution is 7.90. The number of hydrogen-bond acceptors (Lipinski definition) is 4. The topological polar surface area (TPSA) is 72.5 Å². The number of hydrogen-bond donors (Lipinski definition) is 1. The second-order valence-corrected chi connectivity index (χ2v) is 10.1. The van der Waals surface area contributed by atoms with E-state index in [0.717, 1.165) is 16.9 Å². The van der Waals surface area contributed by atoms with E-state index < -0.39 is 9.84 Å². The molecule has 5 nitrogen and oxygen atoms in total. The third kappa shape index (κ3) is 6.16. The molecule has 0 fully saturated rings. The summed E-state index contributed by atoms with van der Waals surface area (Å²) in [4.78, 5) is 13.4. The zero-order valence-electron chi connectivity index (χ0n) is 19.4. The van der Waals surface area contributed by atoms with Crippen LogP contribution < -0.4 is 10.1 Å². The van der Waals surface area contributed by atoms with E-state index >= 15 is 0 Å². The van der Waals surface area contributed by atoms with Gasteiger partial charge in [-0.05, 0) is 60.0 Å². The summed E-state index contributed by atoms with van der Waals surface area (Å²) in [7, 11) is -3.46. The van der Waals surface area contributed by atoms with Gasteiger partial charge in [-0.3, -0.25) is 4.79 Å². The Hall–Kier alpha value is -3.90. The SMILES string of the molecule is CCOc1ccc(C(NC(=O)c2ccc(CS(=O)(=O)c3ccccc3)cc2)c2ccccc2)cc1.